The number of hydrogen-bond acceptors (Lipinski definition) is 3. The van der Waals surface area contributed by atoms with Crippen molar-refractivity contribution in [2.75, 3.05) is 0 Å². The van der Waals surface area contributed by atoms with E-state index in [9.17, 15) is 9.59 Å². The standard InChI is InChI=1S/C20H15BrO3/c1-12(22)14-10-11-15(13-6-2-4-8-17(13)21)20(14)16-7-3-5-9-18(16)24-19(20)23/h2-10,15H,11H2,1H3. The van der Waals surface area contributed by atoms with Crippen LogP contribution in [0.25, 0.3) is 0 Å². The van der Waals surface area contributed by atoms with Crippen LogP contribution in [0.3, 0.4) is 0 Å². The Labute approximate surface area is 148 Å². The molecule has 4 rings (SSSR count). The van der Waals surface area contributed by atoms with Gasteiger partial charge in [-0.3, -0.25) is 9.59 Å². The van der Waals surface area contributed by atoms with Crippen molar-refractivity contribution in [2.24, 2.45) is 0 Å². The fourth-order valence-corrected chi connectivity index (χ4v) is 4.62. The molecule has 2 aromatic carbocycles. The fourth-order valence-electron chi connectivity index (χ4n) is 4.06. The molecule has 1 spiro atoms. The number of allylic oxidation sites excluding steroid dienone is 1. The van der Waals surface area contributed by atoms with Crippen LogP contribution in [0.2, 0.25) is 0 Å². The van der Waals surface area contributed by atoms with Crippen molar-refractivity contribution < 1.29 is 14.3 Å². The van der Waals surface area contributed by atoms with E-state index in [1.165, 1.54) is 6.92 Å². The highest BCUT2D eigenvalue weighted by Gasteiger charge is 2.60. The summed E-state index contributed by atoms with van der Waals surface area (Å²) in [4.78, 5) is 25.4. The number of halogens is 1. The van der Waals surface area contributed by atoms with Gasteiger partial charge in [-0.1, -0.05) is 58.4 Å². The van der Waals surface area contributed by atoms with Crippen molar-refractivity contribution in [3.05, 3.63) is 75.8 Å². The lowest BCUT2D eigenvalue weighted by Gasteiger charge is -2.31. The van der Waals surface area contributed by atoms with Gasteiger partial charge in [0, 0.05) is 21.5 Å². The summed E-state index contributed by atoms with van der Waals surface area (Å²) < 4.78 is 6.50. The van der Waals surface area contributed by atoms with Crippen LogP contribution < -0.4 is 4.74 Å². The van der Waals surface area contributed by atoms with E-state index in [0.29, 0.717) is 17.7 Å². The van der Waals surface area contributed by atoms with Crippen molar-refractivity contribution in [3.8, 4) is 5.75 Å². The Bertz CT molecular complexity index is 899. The van der Waals surface area contributed by atoms with E-state index >= 15 is 0 Å². The fraction of sp³-hybridized carbons (Fsp3) is 0.200. The summed E-state index contributed by atoms with van der Waals surface area (Å²) >= 11 is 3.59. The lowest BCUT2D eigenvalue weighted by molar-refractivity contribution is -0.138. The van der Waals surface area contributed by atoms with Crippen LogP contribution in [-0.4, -0.2) is 11.8 Å². The van der Waals surface area contributed by atoms with Gasteiger partial charge < -0.3 is 4.74 Å². The highest BCUT2D eigenvalue weighted by atomic mass is 79.9. The molecular weight excluding hydrogens is 368 g/mol. The number of benzene rings is 2. The van der Waals surface area contributed by atoms with E-state index in [-0.39, 0.29) is 17.7 Å². The minimum Gasteiger partial charge on any atom is -0.425 e. The van der Waals surface area contributed by atoms with Crippen LogP contribution in [0.4, 0.5) is 0 Å². The monoisotopic (exact) mass is 382 g/mol. The summed E-state index contributed by atoms with van der Waals surface area (Å²) in [6.45, 7) is 1.52. The zero-order chi connectivity index (χ0) is 16.9. The number of fused-ring (bicyclic) bond motifs is 2. The van der Waals surface area contributed by atoms with Crippen LogP contribution in [-0.2, 0) is 15.0 Å². The second-order valence-corrected chi connectivity index (χ2v) is 7.03. The number of carbonyl (C=O) groups is 2. The molecule has 0 amide bonds. The van der Waals surface area contributed by atoms with E-state index in [1.54, 1.807) is 6.07 Å². The first-order valence-electron chi connectivity index (χ1n) is 7.84. The Kier molecular flexibility index (Phi) is 3.46. The number of ether oxygens (including phenoxy) is 1. The van der Waals surface area contributed by atoms with E-state index in [2.05, 4.69) is 15.9 Å². The van der Waals surface area contributed by atoms with Gasteiger partial charge in [0.15, 0.2) is 5.78 Å². The number of rotatable bonds is 2. The Morgan fingerprint density at radius 2 is 1.88 bits per heavy atom. The van der Waals surface area contributed by atoms with Crippen LogP contribution in [0, 0.1) is 0 Å². The van der Waals surface area contributed by atoms with Gasteiger partial charge in [0.25, 0.3) is 0 Å². The van der Waals surface area contributed by atoms with E-state index in [0.717, 1.165) is 15.6 Å². The maximum Gasteiger partial charge on any atom is 0.327 e. The third-order valence-corrected chi connectivity index (χ3v) is 5.72. The second kappa shape index (κ2) is 5.42. The van der Waals surface area contributed by atoms with Crippen LogP contribution >= 0.6 is 15.9 Å². The minimum atomic E-state index is -1.05. The van der Waals surface area contributed by atoms with Gasteiger partial charge in [0.05, 0.1) is 0 Å². The molecule has 2 aliphatic rings. The molecule has 2 unspecified atom stereocenters. The number of para-hydroxylation sites is 1. The highest BCUT2D eigenvalue weighted by molar-refractivity contribution is 9.10. The van der Waals surface area contributed by atoms with Gasteiger partial charge in [-0.15, -0.1) is 0 Å². The zero-order valence-electron chi connectivity index (χ0n) is 13.1. The van der Waals surface area contributed by atoms with Crippen LogP contribution in [0.5, 0.6) is 5.75 Å². The van der Waals surface area contributed by atoms with Gasteiger partial charge >= 0.3 is 5.97 Å². The second-order valence-electron chi connectivity index (χ2n) is 6.18. The Morgan fingerprint density at radius 1 is 1.17 bits per heavy atom. The van der Waals surface area contributed by atoms with Gasteiger partial charge in [-0.2, -0.15) is 0 Å². The normalized spacial score (nSPS) is 24.7. The molecule has 0 saturated heterocycles. The van der Waals surface area contributed by atoms with Crippen molar-refractivity contribution in [1.29, 1.82) is 0 Å². The molecule has 4 heteroatoms. The molecule has 120 valence electrons. The smallest absolute Gasteiger partial charge is 0.327 e. The zero-order valence-corrected chi connectivity index (χ0v) is 14.7. The number of carbonyl (C=O) groups excluding carboxylic acids is 2. The first kappa shape index (κ1) is 15.3. The largest absolute Gasteiger partial charge is 0.425 e. The molecule has 1 aliphatic carbocycles. The van der Waals surface area contributed by atoms with Crippen molar-refractivity contribution in [3.63, 3.8) is 0 Å². The summed E-state index contributed by atoms with van der Waals surface area (Å²) in [6.07, 6.45) is 2.52. The quantitative estimate of drug-likeness (QED) is 0.574. The van der Waals surface area contributed by atoms with Crippen LogP contribution in [0.1, 0.15) is 30.4 Å². The van der Waals surface area contributed by atoms with E-state index in [4.69, 9.17) is 4.74 Å². The molecule has 0 saturated carbocycles. The molecule has 1 heterocycles. The first-order valence-corrected chi connectivity index (χ1v) is 8.64. The molecule has 24 heavy (non-hydrogen) atoms. The minimum absolute atomic E-state index is 0.0850. The third kappa shape index (κ3) is 1.89. The lowest BCUT2D eigenvalue weighted by Crippen LogP contribution is -2.41. The average molecular weight is 383 g/mol. The van der Waals surface area contributed by atoms with Gasteiger partial charge in [0.2, 0.25) is 0 Å². The van der Waals surface area contributed by atoms with Crippen molar-refractivity contribution in [1.82, 2.24) is 0 Å². The molecule has 0 fully saturated rings. The molecule has 2 aromatic rings. The Hall–Kier alpha value is -2.20. The predicted molar refractivity (Wildman–Crippen MR) is 94.0 cm³/mol. The Morgan fingerprint density at radius 3 is 2.62 bits per heavy atom. The highest BCUT2D eigenvalue weighted by Crippen LogP contribution is 2.58. The third-order valence-electron chi connectivity index (χ3n) is 5.00. The SMILES string of the molecule is CC(=O)C1=CCC(c2ccccc2Br)C12C(=O)Oc1ccccc12. The van der Waals surface area contributed by atoms with Crippen LogP contribution in [0.15, 0.2) is 64.7 Å². The molecule has 0 bridgehead atoms. The maximum absolute atomic E-state index is 13.0. The number of ketones is 1. The van der Waals surface area contributed by atoms with Gasteiger partial charge in [-0.05, 0) is 31.0 Å². The molecular formula is C20H15BrO3. The van der Waals surface area contributed by atoms with E-state index in [1.807, 2.05) is 48.5 Å². The summed E-state index contributed by atoms with van der Waals surface area (Å²) in [5, 5.41) is 0. The maximum atomic E-state index is 13.0. The van der Waals surface area contributed by atoms with Crippen molar-refractivity contribution >= 4 is 27.7 Å². The number of hydrogen-bond donors (Lipinski definition) is 0. The van der Waals surface area contributed by atoms with E-state index < -0.39 is 5.41 Å². The molecule has 0 aromatic heterocycles. The predicted octanol–water partition coefficient (Wildman–Crippen LogP) is 4.31. The summed E-state index contributed by atoms with van der Waals surface area (Å²) in [5.41, 5.74) is 1.29. The van der Waals surface area contributed by atoms with Gasteiger partial charge in [-0.25, -0.2) is 0 Å². The van der Waals surface area contributed by atoms with Gasteiger partial charge in [0.1, 0.15) is 11.2 Å². The number of Topliss-reactive ketones (excluding diaryl/α,β-unsaturated/α-hetero) is 1. The molecule has 0 N–H and O–H groups in total. The molecule has 2 atom stereocenters. The molecule has 3 nitrogen and oxygen atoms in total. The Balaban J connectivity index is 2.00. The molecule has 1 aliphatic heterocycles. The summed E-state index contributed by atoms with van der Waals surface area (Å²) in [6, 6.07) is 15.3. The molecule has 0 radical (unpaired) electrons. The lowest BCUT2D eigenvalue weighted by atomic mass is 9.66. The first-order chi connectivity index (χ1) is 11.6. The number of esters is 1. The topological polar surface area (TPSA) is 43.4 Å². The summed E-state index contributed by atoms with van der Waals surface area (Å²) in [5.74, 6) is -0.0571. The summed E-state index contributed by atoms with van der Waals surface area (Å²) in [7, 11) is 0. The van der Waals surface area contributed by atoms with Crippen molar-refractivity contribution in [2.45, 2.75) is 24.7 Å². The average Bonchev–Trinajstić information content (AvgIpc) is 3.09.